The number of nitrogens with one attached hydrogen (secondary N) is 1. The Morgan fingerprint density at radius 1 is 0.742 bits per heavy atom. The number of nitrogens with zero attached hydrogens (tertiary/aromatic N) is 2. The van der Waals surface area contributed by atoms with Crippen LogP contribution in [0.4, 0.5) is 0 Å². The number of H-pyrrole nitrogens is 1. The van der Waals surface area contributed by atoms with E-state index in [9.17, 15) is 0 Å². The second kappa shape index (κ2) is 6.09. The second-order valence-electron chi connectivity index (χ2n) is 7.86. The second-order valence-corrected chi connectivity index (χ2v) is 7.86. The van der Waals surface area contributed by atoms with E-state index >= 15 is 0 Å². The van der Waals surface area contributed by atoms with Crippen molar-refractivity contribution in [2.24, 2.45) is 0 Å². The maximum atomic E-state index is 6.19. The molecule has 3 aromatic heterocycles. The number of fused-ring (bicyclic) bond motifs is 6. The summed E-state index contributed by atoms with van der Waals surface area (Å²) in [6.07, 6.45) is 5.56. The van der Waals surface area contributed by atoms with E-state index in [-0.39, 0.29) is 0 Å². The number of hydrogen-bond acceptors (Lipinski definition) is 2. The van der Waals surface area contributed by atoms with E-state index in [0.29, 0.717) is 0 Å². The Morgan fingerprint density at radius 3 is 2.61 bits per heavy atom. The van der Waals surface area contributed by atoms with Gasteiger partial charge in [-0.25, -0.2) is 4.98 Å². The molecule has 0 fully saturated rings. The Hall–Kier alpha value is -4.31. The molecule has 0 aliphatic rings. The van der Waals surface area contributed by atoms with Crippen molar-refractivity contribution >= 4 is 43.7 Å². The summed E-state index contributed by atoms with van der Waals surface area (Å²) in [5, 5.41) is 4.73. The molecule has 4 heteroatoms. The number of rotatable bonds is 2. The normalized spacial score (nSPS) is 11.9. The van der Waals surface area contributed by atoms with Crippen LogP contribution < -0.4 is 0 Å². The van der Waals surface area contributed by atoms with Crippen LogP contribution in [-0.2, 0) is 0 Å². The van der Waals surface area contributed by atoms with Crippen LogP contribution in [0.1, 0.15) is 0 Å². The number of benzene rings is 4. The topological polar surface area (TPSA) is 46.8 Å². The smallest absolute Gasteiger partial charge is 0.136 e. The van der Waals surface area contributed by atoms with Gasteiger partial charge in [0.05, 0.1) is 6.33 Å². The quantitative estimate of drug-likeness (QED) is 0.338. The van der Waals surface area contributed by atoms with Crippen LogP contribution in [0.2, 0.25) is 0 Å². The molecule has 1 N–H and O–H groups in total. The fourth-order valence-corrected chi connectivity index (χ4v) is 4.65. The van der Waals surface area contributed by atoms with Crippen LogP contribution in [0.25, 0.3) is 60.6 Å². The lowest BCUT2D eigenvalue weighted by atomic mass is 9.98. The molecule has 0 atom stereocenters. The molecule has 0 amide bonds. The van der Waals surface area contributed by atoms with Gasteiger partial charge in [0.15, 0.2) is 0 Å². The molecule has 4 nitrogen and oxygen atoms in total. The molecule has 3 heterocycles. The van der Waals surface area contributed by atoms with Crippen molar-refractivity contribution in [1.82, 2.24) is 14.5 Å². The third-order valence-electron chi connectivity index (χ3n) is 6.10. The van der Waals surface area contributed by atoms with Gasteiger partial charge in [0.25, 0.3) is 0 Å². The zero-order chi connectivity index (χ0) is 20.4. The third-order valence-corrected chi connectivity index (χ3v) is 6.10. The van der Waals surface area contributed by atoms with Crippen molar-refractivity contribution < 1.29 is 4.42 Å². The monoisotopic (exact) mass is 399 g/mol. The summed E-state index contributed by atoms with van der Waals surface area (Å²) in [5.74, 6) is 0. The highest BCUT2D eigenvalue weighted by Crippen LogP contribution is 2.38. The SMILES string of the molecule is c1ccc2c(c1)[nH]c1cc(-c3cccc4oc5ccc(-n6ccnc6)cc5c34)ccc12. The van der Waals surface area contributed by atoms with Crippen molar-refractivity contribution in [3.63, 3.8) is 0 Å². The molecule has 0 aliphatic carbocycles. The number of aromatic amines is 1. The van der Waals surface area contributed by atoms with Gasteiger partial charge < -0.3 is 14.0 Å². The van der Waals surface area contributed by atoms with E-state index in [2.05, 4.69) is 76.7 Å². The highest BCUT2D eigenvalue weighted by atomic mass is 16.3. The highest BCUT2D eigenvalue weighted by molar-refractivity contribution is 6.14. The molecule has 0 aliphatic heterocycles. The van der Waals surface area contributed by atoms with Gasteiger partial charge in [0, 0.05) is 50.7 Å². The van der Waals surface area contributed by atoms with Crippen LogP contribution in [0, 0.1) is 0 Å². The predicted molar refractivity (Wildman–Crippen MR) is 126 cm³/mol. The summed E-state index contributed by atoms with van der Waals surface area (Å²) < 4.78 is 8.20. The third kappa shape index (κ3) is 2.39. The summed E-state index contributed by atoms with van der Waals surface area (Å²) in [4.78, 5) is 7.74. The van der Waals surface area contributed by atoms with Gasteiger partial charge in [0.1, 0.15) is 11.2 Å². The van der Waals surface area contributed by atoms with Gasteiger partial charge in [-0.2, -0.15) is 0 Å². The van der Waals surface area contributed by atoms with E-state index in [4.69, 9.17) is 4.42 Å². The molecule has 31 heavy (non-hydrogen) atoms. The fraction of sp³-hybridized carbons (Fsp3) is 0. The average molecular weight is 399 g/mol. The van der Waals surface area contributed by atoms with Crippen LogP contribution in [0.5, 0.6) is 0 Å². The van der Waals surface area contributed by atoms with Crippen molar-refractivity contribution in [3.05, 3.63) is 97.6 Å². The lowest BCUT2D eigenvalue weighted by Crippen LogP contribution is -1.88. The molecule has 0 radical (unpaired) electrons. The maximum Gasteiger partial charge on any atom is 0.136 e. The average Bonchev–Trinajstić information content (AvgIpc) is 3.54. The Labute approximate surface area is 177 Å². The Kier molecular flexibility index (Phi) is 3.24. The van der Waals surface area contributed by atoms with E-state index in [1.54, 1.807) is 6.20 Å². The first-order valence-electron chi connectivity index (χ1n) is 10.3. The minimum Gasteiger partial charge on any atom is -0.456 e. The predicted octanol–water partition coefficient (Wildman–Crippen LogP) is 7.07. The number of furan rings is 1. The highest BCUT2D eigenvalue weighted by Gasteiger charge is 2.14. The van der Waals surface area contributed by atoms with E-state index < -0.39 is 0 Å². The largest absolute Gasteiger partial charge is 0.456 e. The lowest BCUT2D eigenvalue weighted by Gasteiger charge is -2.06. The lowest BCUT2D eigenvalue weighted by molar-refractivity contribution is 0.669. The van der Waals surface area contributed by atoms with Crippen LogP contribution in [0.15, 0.2) is 102 Å². The molecule has 7 rings (SSSR count). The van der Waals surface area contributed by atoms with Crippen LogP contribution in [-0.4, -0.2) is 14.5 Å². The number of para-hydroxylation sites is 1. The maximum absolute atomic E-state index is 6.19. The van der Waals surface area contributed by atoms with Gasteiger partial charge in [-0.05, 0) is 47.5 Å². The van der Waals surface area contributed by atoms with E-state index in [1.807, 2.05) is 29.2 Å². The van der Waals surface area contributed by atoms with Gasteiger partial charge in [0.2, 0.25) is 0 Å². The van der Waals surface area contributed by atoms with E-state index in [1.165, 1.54) is 21.9 Å². The number of aromatic nitrogens is 3. The number of hydrogen-bond donors (Lipinski definition) is 1. The molecule has 146 valence electrons. The van der Waals surface area contributed by atoms with Gasteiger partial charge in [-0.1, -0.05) is 42.5 Å². The fourth-order valence-electron chi connectivity index (χ4n) is 4.65. The van der Waals surface area contributed by atoms with Crippen LogP contribution in [0.3, 0.4) is 0 Å². The molecule has 0 bridgehead atoms. The van der Waals surface area contributed by atoms with Crippen molar-refractivity contribution in [1.29, 1.82) is 0 Å². The molecule has 0 spiro atoms. The first-order valence-corrected chi connectivity index (χ1v) is 10.3. The summed E-state index contributed by atoms with van der Waals surface area (Å²) >= 11 is 0. The first-order chi connectivity index (χ1) is 15.3. The molecule has 0 saturated carbocycles. The molecule has 0 saturated heterocycles. The zero-order valence-corrected chi connectivity index (χ0v) is 16.5. The summed E-state index contributed by atoms with van der Waals surface area (Å²) in [6, 6.07) is 27.6. The van der Waals surface area contributed by atoms with Gasteiger partial charge in [-0.15, -0.1) is 0 Å². The minimum atomic E-state index is 0.887. The molecule has 0 unspecified atom stereocenters. The molecular formula is C27H17N3O. The van der Waals surface area contributed by atoms with E-state index in [0.717, 1.165) is 38.7 Å². The Bertz CT molecular complexity index is 1740. The first kappa shape index (κ1) is 16.5. The van der Waals surface area contributed by atoms with Crippen molar-refractivity contribution in [3.8, 4) is 16.8 Å². The minimum absolute atomic E-state index is 0.887. The van der Waals surface area contributed by atoms with Crippen molar-refractivity contribution in [2.45, 2.75) is 0 Å². The molecule has 7 aromatic rings. The van der Waals surface area contributed by atoms with Gasteiger partial charge in [-0.3, -0.25) is 0 Å². The summed E-state index contributed by atoms with van der Waals surface area (Å²) in [7, 11) is 0. The standard InChI is InChI=1S/C27H17N3O/c1-2-6-23-20(4-1)21-10-8-17(14-24(21)29-23)19-5-3-7-26-27(19)22-15-18(9-11-25(22)31-26)30-13-12-28-16-30/h1-16,29H. The van der Waals surface area contributed by atoms with Crippen LogP contribution >= 0.6 is 0 Å². The van der Waals surface area contributed by atoms with Crippen molar-refractivity contribution in [2.75, 3.05) is 0 Å². The summed E-state index contributed by atoms with van der Waals surface area (Å²) in [6.45, 7) is 0. The zero-order valence-electron chi connectivity index (χ0n) is 16.5. The Balaban J connectivity index is 1.50. The molecule has 4 aromatic carbocycles. The molecular weight excluding hydrogens is 382 g/mol. The Morgan fingerprint density at radius 2 is 1.68 bits per heavy atom. The number of imidazole rings is 1. The summed E-state index contributed by atoms with van der Waals surface area (Å²) in [5.41, 5.74) is 7.48. The van der Waals surface area contributed by atoms with Gasteiger partial charge >= 0.3 is 0 Å².